The Labute approximate surface area is 194 Å². The molecular weight excluding hydrogens is 420 g/mol. The van der Waals surface area contributed by atoms with Gasteiger partial charge in [0.05, 0.1) is 17.7 Å². The topological polar surface area (TPSA) is 90.3 Å². The van der Waals surface area contributed by atoms with E-state index in [0.29, 0.717) is 29.8 Å². The largest absolute Gasteiger partial charge is 0.508 e. The van der Waals surface area contributed by atoms with Gasteiger partial charge in [-0.3, -0.25) is 9.59 Å². The molecule has 1 saturated heterocycles. The highest BCUT2D eigenvalue weighted by atomic mass is 16.5. The normalized spacial score (nSPS) is 17.9. The fourth-order valence-electron chi connectivity index (χ4n) is 4.01. The van der Waals surface area contributed by atoms with Gasteiger partial charge < -0.3 is 24.7 Å². The number of phenolic OH excluding ortho intramolecular Hbond substituents is 1. The van der Waals surface area contributed by atoms with E-state index in [1.807, 2.05) is 39.8 Å². The number of nitrogens with zero attached hydrogens (tertiary/aromatic N) is 2. The van der Waals surface area contributed by atoms with Crippen molar-refractivity contribution in [1.82, 2.24) is 9.80 Å². The van der Waals surface area contributed by atoms with E-state index < -0.39 is 17.7 Å². The Hall–Kier alpha value is -3.32. The number of carbonyl (C=O) groups is 2. The van der Waals surface area contributed by atoms with Gasteiger partial charge in [-0.25, -0.2) is 0 Å². The number of aliphatic hydroxyl groups excluding tert-OH is 1. The van der Waals surface area contributed by atoms with Gasteiger partial charge in [0.25, 0.3) is 11.7 Å². The predicted octanol–water partition coefficient (Wildman–Crippen LogP) is 3.86. The highest BCUT2D eigenvalue weighted by Gasteiger charge is 2.45. The summed E-state index contributed by atoms with van der Waals surface area (Å²) in [6, 6.07) is 10.8. The van der Waals surface area contributed by atoms with E-state index in [0.717, 1.165) is 12.1 Å². The molecule has 33 heavy (non-hydrogen) atoms. The smallest absolute Gasteiger partial charge is 0.295 e. The number of aryl methyl sites for hydroxylation is 1. The molecular formula is C26H32N2O5. The second-order valence-electron chi connectivity index (χ2n) is 8.89. The first-order valence-electron chi connectivity index (χ1n) is 11.1. The van der Waals surface area contributed by atoms with Crippen molar-refractivity contribution in [2.24, 2.45) is 0 Å². The van der Waals surface area contributed by atoms with E-state index in [1.165, 1.54) is 17.0 Å². The fraction of sp³-hybridized carbons (Fsp3) is 0.385. The van der Waals surface area contributed by atoms with Crippen molar-refractivity contribution in [3.8, 4) is 11.5 Å². The monoisotopic (exact) mass is 452 g/mol. The SMILES string of the molecule is Cc1cc(C(O)=C2C(=O)C(=O)N(CCCN(C)C)[C@@H]2c2ccc(O)cc2)ccc1OC(C)C. The van der Waals surface area contributed by atoms with Crippen molar-refractivity contribution in [3.05, 3.63) is 64.7 Å². The van der Waals surface area contributed by atoms with E-state index in [-0.39, 0.29) is 23.2 Å². The number of rotatable bonds is 8. The van der Waals surface area contributed by atoms with E-state index >= 15 is 0 Å². The second-order valence-corrected chi connectivity index (χ2v) is 8.89. The van der Waals surface area contributed by atoms with Gasteiger partial charge in [0.15, 0.2) is 0 Å². The van der Waals surface area contributed by atoms with Crippen molar-refractivity contribution in [2.75, 3.05) is 27.2 Å². The number of carbonyl (C=O) groups excluding carboxylic acids is 2. The first kappa shape index (κ1) is 24.3. The molecule has 1 atom stereocenters. The van der Waals surface area contributed by atoms with Gasteiger partial charge in [-0.2, -0.15) is 0 Å². The van der Waals surface area contributed by atoms with Crippen LogP contribution in [0.25, 0.3) is 5.76 Å². The molecule has 7 heteroatoms. The quantitative estimate of drug-likeness (QED) is 0.359. The lowest BCUT2D eigenvalue weighted by atomic mass is 9.94. The van der Waals surface area contributed by atoms with E-state index in [2.05, 4.69) is 0 Å². The molecule has 1 aliphatic heterocycles. The first-order chi connectivity index (χ1) is 15.6. The van der Waals surface area contributed by atoms with Gasteiger partial charge >= 0.3 is 0 Å². The van der Waals surface area contributed by atoms with Crippen LogP contribution in [-0.4, -0.2) is 65.0 Å². The summed E-state index contributed by atoms with van der Waals surface area (Å²) in [7, 11) is 3.89. The molecule has 7 nitrogen and oxygen atoms in total. The fourth-order valence-corrected chi connectivity index (χ4v) is 4.01. The van der Waals surface area contributed by atoms with Crippen LogP contribution in [0.15, 0.2) is 48.0 Å². The van der Waals surface area contributed by atoms with E-state index in [9.17, 15) is 19.8 Å². The summed E-state index contributed by atoms with van der Waals surface area (Å²) in [5.41, 5.74) is 1.95. The zero-order valence-electron chi connectivity index (χ0n) is 19.8. The van der Waals surface area contributed by atoms with Crippen molar-refractivity contribution in [2.45, 2.75) is 39.3 Å². The summed E-state index contributed by atoms with van der Waals surface area (Å²) in [4.78, 5) is 29.6. The summed E-state index contributed by atoms with van der Waals surface area (Å²) in [5.74, 6) is -0.790. The number of aliphatic hydroxyl groups is 1. The van der Waals surface area contributed by atoms with Crippen molar-refractivity contribution in [3.63, 3.8) is 0 Å². The molecule has 2 aromatic carbocycles. The minimum absolute atomic E-state index is 0.00475. The molecule has 0 unspecified atom stereocenters. The standard InChI is InChI=1S/C26H32N2O5/c1-16(2)33-21-12-9-19(15-17(21)3)24(30)22-23(18-7-10-20(29)11-8-18)28(26(32)25(22)31)14-6-13-27(4)5/h7-12,15-16,23,29-30H,6,13-14H2,1-5H3/t23-/m1/s1. The van der Waals surface area contributed by atoms with E-state index in [4.69, 9.17) is 4.74 Å². The number of ketones is 1. The predicted molar refractivity (Wildman–Crippen MR) is 127 cm³/mol. The van der Waals surface area contributed by atoms with Gasteiger partial charge in [0, 0.05) is 12.1 Å². The summed E-state index contributed by atoms with van der Waals surface area (Å²) < 4.78 is 5.77. The van der Waals surface area contributed by atoms with Gasteiger partial charge in [-0.05, 0) is 89.3 Å². The second kappa shape index (κ2) is 10.1. The third-order valence-electron chi connectivity index (χ3n) is 5.56. The highest BCUT2D eigenvalue weighted by molar-refractivity contribution is 6.46. The first-order valence-corrected chi connectivity index (χ1v) is 11.1. The number of aromatic hydroxyl groups is 1. The van der Waals surface area contributed by atoms with Gasteiger partial charge in [-0.1, -0.05) is 12.1 Å². The van der Waals surface area contributed by atoms with Crippen LogP contribution >= 0.6 is 0 Å². The average Bonchev–Trinajstić information content (AvgIpc) is 2.99. The number of Topliss-reactive ketones (excluding diaryl/α,β-unsaturated/α-hetero) is 1. The molecule has 3 rings (SSSR count). The van der Waals surface area contributed by atoms with E-state index in [1.54, 1.807) is 30.3 Å². The third kappa shape index (κ3) is 5.37. The maximum Gasteiger partial charge on any atom is 0.295 e. The summed E-state index contributed by atoms with van der Waals surface area (Å²) in [6.45, 7) is 6.85. The van der Waals surface area contributed by atoms with Crippen LogP contribution in [0.4, 0.5) is 0 Å². The molecule has 0 radical (unpaired) electrons. The number of likely N-dealkylation sites (tertiary alicyclic amines) is 1. The molecule has 0 aromatic heterocycles. The minimum atomic E-state index is -0.736. The summed E-state index contributed by atoms with van der Waals surface area (Å²) >= 11 is 0. The molecule has 2 aromatic rings. The van der Waals surface area contributed by atoms with Crippen LogP contribution in [0.1, 0.15) is 43.0 Å². The van der Waals surface area contributed by atoms with Crippen LogP contribution in [-0.2, 0) is 9.59 Å². The maximum absolute atomic E-state index is 13.1. The number of ether oxygens (including phenoxy) is 1. The Morgan fingerprint density at radius 3 is 2.36 bits per heavy atom. The molecule has 0 spiro atoms. The molecule has 1 amide bonds. The van der Waals surface area contributed by atoms with Gasteiger partial charge in [-0.15, -0.1) is 0 Å². The Kier molecular flexibility index (Phi) is 7.43. The van der Waals surface area contributed by atoms with Crippen molar-refractivity contribution in [1.29, 1.82) is 0 Å². The van der Waals surface area contributed by atoms with Gasteiger partial charge in [0.1, 0.15) is 17.3 Å². The van der Waals surface area contributed by atoms with Crippen molar-refractivity contribution >= 4 is 17.4 Å². The molecule has 1 fully saturated rings. The summed E-state index contributed by atoms with van der Waals surface area (Å²) in [6.07, 6.45) is 0.680. The van der Waals surface area contributed by atoms with Crippen LogP contribution in [0.5, 0.6) is 11.5 Å². The zero-order valence-corrected chi connectivity index (χ0v) is 19.8. The number of hydrogen-bond donors (Lipinski definition) is 2. The zero-order chi connectivity index (χ0) is 24.3. The molecule has 0 bridgehead atoms. The Balaban J connectivity index is 2.07. The van der Waals surface area contributed by atoms with Crippen LogP contribution < -0.4 is 4.74 Å². The lowest BCUT2D eigenvalue weighted by Gasteiger charge is -2.26. The molecule has 0 aliphatic carbocycles. The van der Waals surface area contributed by atoms with Crippen LogP contribution in [0.2, 0.25) is 0 Å². The lowest BCUT2D eigenvalue weighted by molar-refractivity contribution is -0.139. The lowest BCUT2D eigenvalue weighted by Crippen LogP contribution is -2.32. The molecule has 1 aliphatic rings. The van der Waals surface area contributed by atoms with Crippen LogP contribution in [0, 0.1) is 6.92 Å². The third-order valence-corrected chi connectivity index (χ3v) is 5.56. The van der Waals surface area contributed by atoms with Gasteiger partial charge in [0.2, 0.25) is 0 Å². The molecule has 2 N–H and O–H groups in total. The maximum atomic E-state index is 13.1. The molecule has 0 saturated carbocycles. The number of amides is 1. The van der Waals surface area contributed by atoms with Crippen molar-refractivity contribution < 1.29 is 24.5 Å². The Morgan fingerprint density at radius 1 is 1.12 bits per heavy atom. The number of benzene rings is 2. The number of phenols is 1. The average molecular weight is 453 g/mol. The number of hydrogen-bond acceptors (Lipinski definition) is 6. The van der Waals surface area contributed by atoms with Crippen LogP contribution in [0.3, 0.4) is 0 Å². The molecule has 1 heterocycles. The highest BCUT2D eigenvalue weighted by Crippen LogP contribution is 2.40. The Morgan fingerprint density at radius 2 is 1.79 bits per heavy atom. The molecule has 176 valence electrons. The summed E-state index contributed by atoms with van der Waals surface area (Å²) in [5, 5.41) is 20.9. The Bertz CT molecular complexity index is 1060. The minimum Gasteiger partial charge on any atom is -0.508 e.